The van der Waals surface area contributed by atoms with Crippen LogP contribution in [0.2, 0.25) is 0 Å². The fraction of sp³-hybridized carbons (Fsp3) is 0.784. The maximum atomic E-state index is 14.2. The zero-order valence-corrected chi connectivity index (χ0v) is 26.4. The third-order valence-corrected chi connectivity index (χ3v) is 14.7. The fourth-order valence-electron chi connectivity index (χ4n) is 12.4. The summed E-state index contributed by atoms with van der Waals surface area (Å²) in [7, 11) is 0. The molecule has 220 valence electrons. The Morgan fingerprint density at radius 3 is 2.27 bits per heavy atom. The summed E-state index contributed by atoms with van der Waals surface area (Å²) >= 11 is 0. The molecule has 0 saturated heterocycles. The molecule has 0 radical (unpaired) electrons. The number of Topliss-reactive ketones (excluding diaryl/α,β-unsaturated/α-hetero) is 1. The summed E-state index contributed by atoms with van der Waals surface area (Å²) in [6.07, 6.45) is 11.0. The number of fused-ring (bicyclic) bond motifs is 7. The Bertz CT molecular complexity index is 1150. The molecule has 1 unspecified atom stereocenters. The lowest BCUT2D eigenvalue weighted by Gasteiger charge is -2.72. The number of hydrogen-bond acceptors (Lipinski definition) is 3. The Balaban J connectivity index is 1.34. The van der Waals surface area contributed by atoms with Crippen molar-refractivity contribution >= 4 is 11.8 Å². The highest BCUT2D eigenvalue weighted by molar-refractivity contribution is 5.85. The van der Waals surface area contributed by atoms with Gasteiger partial charge in [-0.15, -0.1) is 0 Å². The van der Waals surface area contributed by atoms with E-state index in [1.165, 1.54) is 25.7 Å². The molecular formula is C37H54O3. The standard InChI is InChI=1S/C37H54O3/c1-24(2)26-15-20-37(32(39)40-23-25-11-9-8-10-12-25)22-21-35(6)27(31(26)37)13-14-29-34(5)18-17-30(38)33(3,4)28(34)16-19-36(29,35)7/h8-12,24,26-29,31H,13-23H2,1-7H3/t26-,27?,28-,29+,31+,34-,35+,36+,37-/m0/s1. The van der Waals surface area contributed by atoms with Gasteiger partial charge < -0.3 is 4.74 Å². The molecule has 40 heavy (non-hydrogen) atoms. The first kappa shape index (κ1) is 28.5. The quantitative estimate of drug-likeness (QED) is 0.354. The van der Waals surface area contributed by atoms with Gasteiger partial charge in [-0.2, -0.15) is 0 Å². The van der Waals surface area contributed by atoms with Gasteiger partial charge in [0, 0.05) is 11.8 Å². The molecule has 5 aliphatic rings. The van der Waals surface area contributed by atoms with E-state index in [1.54, 1.807) is 0 Å². The average Bonchev–Trinajstić information content (AvgIpc) is 3.32. The molecule has 5 fully saturated rings. The van der Waals surface area contributed by atoms with Gasteiger partial charge >= 0.3 is 5.97 Å². The molecule has 0 aromatic heterocycles. The van der Waals surface area contributed by atoms with Crippen LogP contribution in [0.25, 0.3) is 0 Å². The maximum Gasteiger partial charge on any atom is 0.312 e. The molecule has 1 aromatic rings. The van der Waals surface area contributed by atoms with E-state index in [0.717, 1.165) is 44.1 Å². The SMILES string of the molecule is CC(C)[C@@H]1CC[C@]2(C(=O)OCc3ccccc3)CC[C@]3(C)C(CC[C@@H]4[C@@]5(C)CCC(=O)C(C)(C)[C@@H]5CC[C@]43C)[C@@H]12. The van der Waals surface area contributed by atoms with Gasteiger partial charge in [0.05, 0.1) is 5.41 Å². The molecule has 3 nitrogen and oxygen atoms in total. The van der Waals surface area contributed by atoms with Crippen molar-refractivity contribution < 1.29 is 14.3 Å². The lowest BCUT2D eigenvalue weighted by atomic mass is 9.32. The van der Waals surface area contributed by atoms with Crippen LogP contribution in [-0.2, 0) is 20.9 Å². The van der Waals surface area contributed by atoms with Crippen molar-refractivity contribution in [2.75, 3.05) is 0 Å². The molecule has 1 aromatic carbocycles. The van der Waals surface area contributed by atoms with Gasteiger partial charge in [0.25, 0.3) is 0 Å². The minimum absolute atomic E-state index is 0.0852. The fourth-order valence-corrected chi connectivity index (χ4v) is 12.4. The van der Waals surface area contributed by atoms with Crippen molar-refractivity contribution in [3.63, 3.8) is 0 Å². The Labute approximate surface area is 243 Å². The smallest absolute Gasteiger partial charge is 0.312 e. The summed E-state index contributed by atoms with van der Waals surface area (Å²) in [6, 6.07) is 10.2. The second-order valence-corrected chi connectivity index (χ2v) is 16.5. The number of hydrogen-bond donors (Lipinski definition) is 0. The van der Waals surface area contributed by atoms with Crippen LogP contribution in [0.15, 0.2) is 30.3 Å². The summed E-state index contributed by atoms with van der Waals surface area (Å²) in [5.41, 5.74) is 1.26. The monoisotopic (exact) mass is 546 g/mol. The van der Waals surface area contributed by atoms with Crippen LogP contribution >= 0.6 is 0 Å². The lowest BCUT2D eigenvalue weighted by molar-refractivity contribution is -0.238. The van der Waals surface area contributed by atoms with Gasteiger partial charge in [-0.05, 0) is 115 Å². The molecule has 9 atom stereocenters. The number of carbonyl (C=O) groups is 2. The number of ether oxygens (including phenoxy) is 1. The molecule has 0 aliphatic heterocycles. The van der Waals surface area contributed by atoms with Gasteiger partial charge in [0.15, 0.2) is 0 Å². The third-order valence-electron chi connectivity index (χ3n) is 14.7. The summed E-state index contributed by atoms with van der Waals surface area (Å²) < 4.78 is 6.19. The van der Waals surface area contributed by atoms with Gasteiger partial charge in [0.2, 0.25) is 0 Å². The molecule has 3 heteroatoms. The first-order valence-corrected chi connectivity index (χ1v) is 16.6. The van der Waals surface area contributed by atoms with Crippen LogP contribution in [0.3, 0.4) is 0 Å². The second-order valence-electron chi connectivity index (χ2n) is 16.5. The molecule has 6 rings (SSSR count). The zero-order chi connectivity index (χ0) is 28.7. The first-order valence-electron chi connectivity index (χ1n) is 16.6. The molecule has 5 saturated carbocycles. The van der Waals surface area contributed by atoms with Gasteiger partial charge in [0.1, 0.15) is 12.4 Å². The average molecular weight is 547 g/mol. The minimum Gasteiger partial charge on any atom is -0.460 e. The molecule has 0 amide bonds. The number of carbonyl (C=O) groups excluding carboxylic acids is 2. The minimum atomic E-state index is -0.322. The van der Waals surface area contributed by atoms with Crippen LogP contribution in [-0.4, -0.2) is 11.8 Å². The van der Waals surface area contributed by atoms with Gasteiger partial charge in [-0.25, -0.2) is 0 Å². The number of benzene rings is 1. The normalized spacial score (nSPS) is 45.7. The van der Waals surface area contributed by atoms with Crippen molar-refractivity contribution in [2.45, 2.75) is 119 Å². The zero-order valence-electron chi connectivity index (χ0n) is 26.4. The summed E-state index contributed by atoms with van der Waals surface area (Å²) in [6.45, 7) is 17.5. The summed E-state index contributed by atoms with van der Waals surface area (Å²) in [5.74, 6) is 3.88. The van der Waals surface area contributed by atoms with E-state index in [4.69, 9.17) is 4.74 Å². The summed E-state index contributed by atoms with van der Waals surface area (Å²) in [5, 5.41) is 0. The van der Waals surface area contributed by atoms with Gasteiger partial charge in [-0.3, -0.25) is 9.59 Å². The van der Waals surface area contributed by atoms with Crippen LogP contribution in [0.4, 0.5) is 0 Å². The topological polar surface area (TPSA) is 43.4 Å². The van der Waals surface area contributed by atoms with E-state index in [-0.39, 0.29) is 33.0 Å². The Morgan fingerprint density at radius 2 is 1.57 bits per heavy atom. The number of rotatable bonds is 4. The molecule has 5 aliphatic carbocycles. The van der Waals surface area contributed by atoms with E-state index in [9.17, 15) is 9.59 Å². The predicted octanol–water partition coefficient (Wildman–Crippen LogP) is 9.04. The maximum absolute atomic E-state index is 14.2. The van der Waals surface area contributed by atoms with Crippen molar-refractivity contribution in [2.24, 2.45) is 62.6 Å². The molecular weight excluding hydrogens is 492 g/mol. The van der Waals surface area contributed by atoms with Crippen LogP contribution in [0, 0.1) is 62.6 Å². The lowest BCUT2D eigenvalue weighted by Crippen LogP contribution is -2.66. The highest BCUT2D eigenvalue weighted by Gasteiger charge is 2.72. The molecule has 0 spiro atoms. The van der Waals surface area contributed by atoms with Crippen LogP contribution in [0.5, 0.6) is 0 Å². The van der Waals surface area contributed by atoms with E-state index in [0.29, 0.717) is 47.9 Å². The predicted molar refractivity (Wildman–Crippen MR) is 160 cm³/mol. The third kappa shape index (κ3) is 3.73. The number of esters is 1. The Kier molecular flexibility index (Phi) is 6.72. The Morgan fingerprint density at radius 1 is 0.850 bits per heavy atom. The van der Waals surface area contributed by atoms with Crippen molar-refractivity contribution in [3.8, 4) is 0 Å². The largest absolute Gasteiger partial charge is 0.460 e. The molecule has 0 heterocycles. The van der Waals surface area contributed by atoms with E-state index < -0.39 is 0 Å². The first-order chi connectivity index (χ1) is 18.8. The van der Waals surface area contributed by atoms with Crippen molar-refractivity contribution in [1.29, 1.82) is 0 Å². The molecule has 0 bridgehead atoms. The summed E-state index contributed by atoms with van der Waals surface area (Å²) in [4.78, 5) is 27.2. The van der Waals surface area contributed by atoms with E-state index in [1.807, 2.05) is 18.2 Å². The Hall–Kier alpha value is -1.64. The van der Waals surface area contributed by atoms with E-state index in [2.05, 4.69) is 60.6 Å². The van der Waals surface area contributed by atoms with Gasteiger partial charge in [-0.1, -0.05) is 78.8 Å². The van der Waals surface area contributed by atoms with E-state index >= 15 is 0 Å². The number of ketones is 1. The van der Waals surface area contributed by atoms with Crippen LogP contribution < -0.4 is 0 Å². The van der Waals surface area contributed by atoms with Crippen molar-refractivity contribution in [1.82, 2.24) is 0 Å². The van der Waals surface area contributed by atoms with Crippen molar-refractivity contribution in [3.05, 3.63) is 35.9 Å². The second kappa shape index (κ2) is 9.43. The highest BCUT2D eigenvalue weighted by Crippen LogP contribution is 2.77. The highest BCUT2D eigenvalue weighted by atomic mass is 16.5. The molecule has 0 N–H and O–H groups in total. The van der Waals surface area contributed by atoms with Crippen LogP contribution in [0.1, 0.15) is 118 Å².